The van der Waals surface area contributed by atoms with Gasteiger partial charge in [0.15, 0.2) is 0 Å². The summed E-state index contributed by atoms with van der Waals surface area (Å²) in [6.07, 6.45) is 2.22. The van der Waals surface area contributed by atoms with Crippen LogP contribution in [-0.4, -0.2) is 29.8 Å². The van der Waals surface area contributed by atoms with Gasteiger partial charge >= 0.3 is 0 Å². The zero-order chi connectivity index (χ0) is 13.0. The van der Waals surface area contributed by atoms with Crippen molar-refractivity contribution in [3.05, 3.63) is 17.6 Å². The second kappa shape index (κ2) is 6.02. The van der Waals surface area contributed by atoms with E-state index in [1.165, 1.54) is 0 Å². The Labute approximate surface area is 111 Å². The second-order valence-corrected chi connectivity index (χ2v) is 5.15. The third kappa shape index (κ3) is 2.57. The minimum absolute atomic E-state index is 0.137. The first kappa shape index (κ1) is 13.1. The number of thiazole rings is 1. The van der Waals surface area contributed by atoms with Crippen molar-refractivity contribution in [2.75, 3.05) is 30.3 Å². The number of fused-ring (bicyclic) bond motifs is 1. The summed E-state index contributed by atoms with van der Waals surface area (Å²) in [5, 5.41) is 9.17. The highest BCUT2D eigenvalue weighted by Gasteiger charge is 2.12. The van der Waals surface area contributed by atoms with Crippen molar-refractivity contribution in [2.24, 2.45) is 0 Å². The molecule has 0 amide bonds. The van der Waals surface area contributed by atoms with Crippen LogP contribution in [0.4, 0.5) is 11.4 Å². The molecule has 0 atom stereocenters. The first-order chi connectivity index (χ1) is 8.77. The molecule has 0 aliphatic heterocycles. The summed E-state index contributed by atoms with van der Waals surface area (Å²) in [6.45, 7) is 3.82. The summed E-state index contributed by atoms with van der Waals surface area (Å²) in [6, 6.07) is 4.08. The van der Waals surface area contributed by atoms with Crippen LogP contribution in [0.25, 0.3) is 10.2 Å². The van der Waals surface area contributed by atoms with Gasteiger partial charge in [-0.05, 0) is 18.6 Å². The van der Waals surface area contributed by atoms with Crippen molar-refractivity contribution < 1.29 is 5.11 Å². The molecule has 1 heterocycles. The Morgan fingerprint density at radius 3 is 2.94 bits per heavy atom. The molecule has 0 bridgehead atoms. The van der Waals surface area contributed by atoms with Crippen LogP contribution in [-0.2, 0) is 0 Å². The lowest BCUT2D eigenvalue weighted by atomic mass is 10.2. The summed E-state index contributed by atoms with van der Waals surface area (Å²) >= 11 is 1.59. The number of nitrogen functional groups attached to an aromatic ring is 1. The van der Waals surface area contributed by atoms with Crippen LogP contribution in [0.5, 0.6) is 0 Å². The molecule has 0 radical (unpaired) electrons. The molecule has 2 aromatic rings. The lowest BCUT2D eigenvalue weighted by Gasteiger charge is -2.25. The van der Waals surface area contributed by atoms with E-state index in [9.17, 15) is 0 Å². The van der Waals surface area contributed by atoms with Crippen molar-refractivity contribution in [1.29, 1.82) is 0 Å². The minimum Gasteiger partial charge on any atom is -0.395 e. The molecular formula is C13H19N3OS. The number of nitrogens with zero attached hydrogens (tertiary/aromatic N) is 2. The van der Waals surface area contributed by atoms with E-state index in [0.29, 0.717) is 6.54 Å². The van der Waals surface area contributed by atoms with Crippen molar-refractivity contribution in [3.8, 4) is 0 Å². The van der Waals surface area contributed by atoms with Gasteiger partial charge in [-0.25, -0.2) is 4.98 Å². The Balaban J connectivity index is 2.33. The van der Waals surface area contributed by atoms with Gasteiger partial charge in [0.05, 0.1) is 28.2 Å². The molecule has 1 aromatic carbocycles. The van der Waals surface area contributed by atoms with Crippen LogP contribution in [0.2, 0.25) is 0 Å². The third-order valence-corrected chi connectivity index (χ3v) is 3.80. The molecule has 4 nitrogen and oxygen atoms in total. The summed E-state index contributed by atoms with van der Waals surface area (Å²) in [5.41, 5.74) is 10.6. The Morgan fingerprint density at radius 1 is 1.39 bits per heavy atom. The summed E-state index contributed by atoms with van der Waals surface area (Å²) in [5.74, 6) is 0. The minimum atomic E-state index is 0.137. The van der Waals surface area contributed by atoms with Crippen molar-refractivity contribution in [2.45, 2.75) is 19.8 Å². The highest BCUT2D eigenvalue weighted by molar-refractivity contribution is 7.16. The number of benzene rings is 1. The Kier molecular flexibility index (Phi) is 4.38. The molecule has 98 valence electrons. The zero-order valence-corrected chi connectivity index (χ0v) is 11.4. The Morgan fingerprint density at radius 2 is 2.22 bits per heavy atom. The van der Waals surface area contributed by atoms with Crippen LogP contribution in [0, 0.1) is 0 Å². The maximum absolute atomic E-state index is 9.17. The van der Waals surface area contributed by atoms with Gasteiger partial charge in [0.25, 0.3) is 0 Å². The van der Waals surface area contributed by atoms with Gasteiger partial charge in [0.1, 0.15) is 5.52 Å². The molecule has 5 heteroatoms. The third-order valence-electron chi connectivity index (χ3n) is 3.01. The smallest absolute Gasteiger partial charge is 0.106 e. The highest BCUT2D eigenvalue weighted by Crippen LogP contribution is 2.32. The molecule has 3 N–H and O–H groups in total. The predicted octanol–water partition coefficient (Wildman–Crippen LogP) is 2.48. The van der Waals surface area contributed by atoms with E-state index in [2.05, 4.69) is 22.9 Å². The fraction of sp³-hybridized carbons (Fsp3) is 0.462. The maximum Gasteiger partial charge on any atom is 0.106 e. The van der Waals surface area contributed by atoms with Crippen LogP contribution in [0.15, 0.2) is 17.6 Å². The SMILES string of the molecule is CCCCN(CCO)c1ccc2scnc2c1N. The van der Waals surface area contributed by atoms with E-state index >= 15 is 0 Å². The normalized spacial score (nSPS) is 11.0. The zero-order valence-electron chi connectivity index (χ0n) is 10.6. The van der Waals surface area contributed by atoms with Crippen LogP contribution >= 0.6 is 11.3 Å². The molecule has 0 spiro atoms. The number of hydrogen-bond donors (Lipinski definition) is 2. The second-order valence-electron chi connectivity index (χ2n) is 4.26. The molecule has 0 aliphatic rings. The Hall–Kier alpha value is -1.33. The molecule has 2 rings (SSSR count). The lowest BCUT2D eigenvalue weighted by Crippen LogP contribution is -2.28. The number of aliphatic hydroxyl groups is 1. The predicted molar refractivity (Wildman–Crippen MR) is 78.2 cm³/mol. The van der Waals surface area contributed by atoms with E-state index in [4.69, 9.17) is 10.8 Å². The monoisotopic (exact) mass is 265 g/mol. The van der Waals surface area contributed by atoms with E-state index < -0.39 is 0 Å². The molecule has 0 saturated carbocycles. The van der Waals surface area contributed by atoms with Gasteiger partial charge in [0, 0.05) is 13.1 Å². The van der Waals surface area contributed by atoms with Crippen LogP contribution in [0.3, 0.4) is 0 Å². The topological polar surface area (TPSA) is 62.4 Å². The quantitative estimate of drug-likeness (QED) is 0.788. The number of unbranched alkanes of at least 4 members (excludes halogenated alkanes) is 1. The Bertz CT molecular complexity index is 512. The fourth-order valence-corrected chi connectivity index (χ4v) is 2.73. The van der Waals surface area contributed by atoms with Gasteiger partial charge in [-0.3, -0.25) is 0 Å². The van der Waals surface area contributed by atoms with E-state index in [0.717, 1.165) is 41.0 Å². The van der Waals surface area contributed by atoms with Gasteiger partial charge in [-0.1, -0.05) is 13.3 Å². The first-order valence-electron chi connectivity index (χ1n) is 6.25. The first-order valence-corrected chi connectivity index (χ1v) is 7.13. The van der Waals surface area contributed by atoms with E-state index in [1.54, 1.807) is 11.3 Å². The molecular weight excluding hydrogens is 246 g/mol. The number of hydrogen-bond acceptors (Lipinski definition) is 5. The van der Waals surface area contributed by atoms with E-state index in [1.807, 2.05) is 11.6 Å². The van der Waals surface area contributed by atoms with Gasteiger partial charge in [-0.2, -0.15) is 0 Å². The van der Waals surface area contributed by atoms with Crippen molar-refractivity contribution in [3.63, 3.8) is 0 Å². The molecule has 0 saturated heterocycles. The average molecular weight is 265 g/mol. The fourth-order valence-electron chi connectivity index (χ4n) is 2.04. The number of aromatic nitrogens is 1. The summed E-state index contributed by atoms with van der Waals surface area (Å²) in [4.78, 5) is 6.44. The van der Waals surface area contributed by atoms with Gasteiger partial charge < -0.3 is 15.7 Å². The standard InChI is InChI=1S/C13H19N3OS/c1-2-3-6-16(7-8-17)10-4-5-11-13(12(10)14)15-9-18-11/h4-5,9,17H,2-3,6-8,14H2,1H3. The number of nitrogens with two attached hydrogens (primary N) is 1. The summed E-state index contributed by atoms with van der Waals surface area (Å²) < 4.78 is 1.11. The van der Waals surface area contributed by atoms with E-state index in [-0.39, 0.29) is 6.61 Å². The van der Waals surface area contributed by atoms with Crippen LogP contribution in [0.1, 0.15) is 19.8 Å². The molecule has 0 fully saturated rings. The van der Waals surface area contributed by atoms with Gasteiger partial charge in [-0.15, -0.1) is 11.3 Å². The molecule has 1 aromatic heterocycles. The molecule has 18 heavy (non-hydrogen) atoms. The highest BCUT2D eigenvalue weighted by atomic mass is 32.1. The van der Waals surface area contributed by atoms with Gasteiger partial charge in [0.2, 0.25) is 0 Å². The lowest BCUT2D eigenvalue weighted by molar-refractivity contribution is 0.301. The molecule has 0 unspecified atom stereocenters. The van der Waals surface area contributed by atoms with Crippen molar-refractivity contribution in [1.82, 2.24) is 4.98 Å². The number of aliphatic hydroxyl groups excluding tert-OH is 1. The maximum atomic E-state index is 9.17. The average Bonchev–Trinajstić information content (AvgIpc) is 2.84. The number of anilines is 2. The molecule has 0 aliphatic carbocycles. The van der Waals surface area contributed by atoms with Crippen molar-refractivity contribution >= 4 is 32.9 Å². The van der Waals surface area contributed by atoms with Crippen LogP contribution < -0.4 is 10.6 Å². The number of rotatable bonds is 6. The summed E-state index contributed by atoms with van der Waals surface area (Å²) in [7, 11) is 0. The largest absolute Gasteiger partial charge is 0.395 e.